The van der Waals surface area contributed by atoms with E-state index >= 15 is 0 Å². The maximum atomic E-state index is 10.9. The predicted octanol–water partition coefficient (Wildman–Crippen LogP) is 3.92. The second-order valence-electron chi connectivity index (χ2n) is 6.86. The van der Waals surface area contributed by atoms with E-state index in [1.807, 2.05) is 11.4 Å². The molecule has 0 aliphatic carbocycles. The molecule has 0 bridgehead atoms. The number of anilines is 1. The second-order valence-corrected chi connectivity index (χ2v) is 7.72. The molecule has 0 aliphatic rings. The van der Waals surface area contributed by atoms with Crippen LogP contribution in [-0.2, 0) is 6.42 Å². The smallest absolute Gasteiger partial charge is 0.256 e. The predicted molar refractivity (Wildman–Crippen MR) is 128 cm³/mol. The van der Waals surface area contributed by atoms with Crippen molar-refractivity contribution in [1.82, 2.24) is 19.6 Å². The Morgan fingerprint density at radius 2 is 2.03 bits per heavy atom. The van der Waals surface area contributed by atoms with Gasteiger partial charge in [-0.15, -0.1) is 22.9 Å². The molecule has 0 fully saturated rings. The number of carbonyl (C=O) groups excluding carboxylic acids is 1. The van der Waals surface area contributed by atoms with Crippen LogP contribution in [0.3, 0.4) is 0 Å². The Bertz CT molecular complexity index is 1460. The normalized spacial score (nSPS) is 10.5. The van der Waals surface area contributed by atoms with Crippen LogP contribution in [0.25, 0.3) is 27.0 Å². The molecule has 4 heterocycles. The molecular formula is C24H20N6OS. The molecule has 7 nitrogen and oxygen atoms in total. The molecule has 0 radical (unpaired) electrons. The van der Waals surface area contributed by atoms with Gasteiger partial charge in [-0.3, -0.25) is 4.79 Å². The Kier molecular flexibility index (Phi) is 5.83. The summed E-state index contributed by atoms with van der Waals surface area (Å²) in [6.07, 6.45) is 9.66. The Morgan fingerprint density at radius 1 is 1.25 bits per heavy atom. The van der Waals surface area contributed by atoms with E-state index in [1.54, 1.807) is 29.8 Å². The number of hydrogen-bond acceptors (Lipinski definition) is 6. The van der Waals surface area contributed by atoms with Gasteiger partial charge in [0.1, 0.15) is 10.4 Å². The lowest BCUT2D eigenvalue weighted by molar-refractivity contribution is 0.100. The molecule has 5 aromatic rings. The number of pyridine rings is 1. The highest BCUT2D eigenvalue weighted by atomic mass is 32.1. The lowest BCUT2D eigenvalue weighted by atomic mass is 10.0. The average Bonchev–Trinajstić information content (AvgIpc) is 3.38. The number of nitrogens with zero attached hydrogens (tertiary/aromatic N) is 4. The van der Waals surface area contributed by atoms with Gasteiger partial charge in [-0.25, -0.2) is 14.5 Å². The summed E-state index contributed by atoms with van der Waals surface area (Å²) < 4.78 is 1.41. The van der Waals surface area contributed by atoms with Crippen LogP contribution in [0, 0.1) is 12.3 Å². The summed E-state index contributed by atoms with van der Waals surface area (Å²) in [6, 6.07) is 14.2. The first-order valence-corrected chi connectivity index (χ1v) is 10.7. The van der Waals surface area contributed by atoms with E-state index in [9.17, 15) is 4.79 Å². The number of thiophene rings is 1. The van der Waals surface area contributed by atoms with Crippen molar-refractivity contribution >= 4 is 38.9 Å². The van der Waals surface area contributed by atoms with Crippen LogP contribution in [0.5, 0.6) is 0 Å². The molecular weight excluding hydrogens is 420 g/mol. The molecule has 0 aliphatic heterocycles. The molecule has 0 unspecified atom stereocenters. The number of amides is 1. The fourth-order valence-corrected chi connectivity index (χ4v) is 4.27. The van der Waals surface area contributed by atoms with Crippen LogP contribution in [0.15, 0.2) is 60.2 Å². The van der Waals surface area contributed by atoms with Crippen LogP contribution in [-0.4, -0.2) is 25.5 Å². The molecule has 0 atom stereocenters. The fraction of sp³-hybridized carbons (Fsp3) is 0.0833. The number of nitrogens with two attached hydrogens (primary N) is 2. The van der Waals surface area contributed by atoms with Crippen LogP contribution in [0.1, 0.15) is 28.5 Å². The third kappa shape index (κ3) is 3.89. The number of benzene rings is 1. The first-order chi connectivity index (χ1) is 15.5. The van der Waals surface area contributed by atoms with Gasteiger partial charge in [0, 0.05) is 40.0 Å². The molecule has 4 N–H and O–H groups in total. The molecule has 0 saturated carbocycles. The lowest BCUT2D eigenvalue weighted by Gasteiger charge is -2.08. The quantitative estimate of drug-likeness (QED) is 0.413. The minimum atomic E-state index is -0.619. The van der Waals surface area contributed by atoms with Crippen molar-refractivity contribution in [3.8, 4) is 23.5 Å². The van der Waals surface area contributed by atoms with Gasteiger partial charge in [-0.05, 0) is 24.1 Å². The van der Waals surface area contributed by atoms with Crippen molar-refractivity contribution in [1.29, 1.82) is 0 Å². The van der Waals surface area contributed by atoms with E-state index in [0.717, 1.165) is 27.9 Å². The topological polar surface area (TPSA) is 112 Å². The van der Waals surface area contributed by atoms with E-state index < -0.39 is 5.91 Å². The number of aryl methyl sites for hydroxylation is 1. The van der Waals surface area contributed by atoms with E-state index in [2.05, 4.69) is 53.3 Å². The number of rotatable bonds is 3. The van der Waals surface area contributed by atoms with Crippen LogP contribution in [0.2, 0.25) is 0 Å². The van der Waals surface area contributed by atoms with Gasteiger partial charge in [0.15, 0.2) is 11.5 Å². The molecule has 32 heavy (non-hydrogen) atoms. The number of hydrogen-bond donors (Lipinski definition) is 2. The van der Waals surface area contributed by atoms with Gasteiger partial charge >= 0.3 is 0 Å². The fourth-order valence-electron chi connectivity index (χ4n) is 3.38. The minimum Gasteiger partial charge on any atom is -0.381 e. The number of aromatic nitrogens is 4. The third-order valence-electron chi connectivity index (χ3n) is 4.89. The van der Waals surface area contributed by atoms with Gasteiger partial charge < -0.3 is 11.5 Å². The summed E-state index contributed by atoms with van der Waals surface area (Å²) in [4.78, 5) is 20.7. The summed E-state index contributed by atoms with van der Waals surface area (Å²) in [7, 11) is 0. The summed E-state index contributed by atoms with van der Waals surface area (Å²) in [6.45, 7) is 2.14. The molecule has 158 valence electrons. The van der Waals surface area contributed by atoms with Crippen molar-refractivity contribution < 1.29 is 4.79 Å². The molecule has 8 heteroatoms. The van der Waals surface area contributed by atoms with E-state index in [4.69, 9.17) is 22.9 Å². The Morgan fingerprint density at radius 3 is 2.72 bits per heavy atom. The van der Waals surface area contributed by atoms with Crippen molar-refractivity contribution in [2.24, 2.45) is 5.73 Å². The molecule has 4 aromatic heterocycles. The molecule has 5 rings (SSSR count). The van der Waals surface area contributed by atoms with Gasteiger partial charge in [0.05, 0.1) is 0 Å². The number of fused-ring (bicyclic) bond motifs is 2. The molecule has 1 amide bonds. The Balaban J connectivity index is 0.000000165. The van der Waals surface area contributed by atoms with Crippen molar-refractivity contribution in [3.05, 3.63) is 77.1 Å². The van der Waals surface area contributed by atoms with Crippen molar-refractivity contribution in [3.63, 3.8) is 0 Å². The summed E-state index contributed by atoms with van der Waals surface area (Å²) >= 11 is 1.62. The number of nitrogen functional groups attached to an aromatic ring is 1. The maximum Gasteiger partial charge on any atom is 0.256 e. The second kappa shape index (κ2) is 8.88. The minimum absolute atomic E-state index is 0.103. The number of terminal acetylenes is 1. The first kappa shape index (κ1) is 21.0. The zero-order valence-corrected chi connectivity index (χ0v) is 18.1. The average molecular weight is 441 g/mol. The van der Waals surface area contributed by atoms with Crippen LogP contribution < -0.4 is 11.5 Å². The highest BCUT2D eigenvalue weighted by molar-refractivity contribution is 7.17. The maximum absolute atomic E-state index is 10.9. The zero-order chi connectivity index (χ0) is 22.7. The van der Waals surface area contributed by atoms with Gasteiger partial charge in [-0.2, -0.15) is 0 Å². The van der Waals surface area contributed by atoms with E-state index in [0.29, 0.717) is 5.65 Å². The zero-order valence-electron chi connectivity index (χ0n) is 17.3. The monoisotopic (exact) mass is 440 g/mol. The van der Waals surface area contributed by atoms with Gasteiger partial charge in [-0.1, -0.05) is 43.2 Å². The van der Waals surface area contributed by atoms with Gasteiger partial charge in [0.2, 0.25) is 0 Å². The lowest BCUT2D eigenvalue weighted by Crippen LogP contribution is -2.12. The van der Waals surface area contributed by atoms with Crippen LogP contribution >= 0.6 is 11.3 Å². The van der Waals surface area contributed by atoms with Gasteiger partial charge in [0.25, 0.3) is 5.91 Å². The third-order valence-corrected chi connectivity index (χ3v) is 5.78. The van der Waals surface area contributed by atoms with E-state index in [-0.39, 0.29) is 11.4 Å². The molecule has 1 aromatic carbocycles. The largest absolute Gasteiger partial charge is 0.381 e. The highest BCUT2D eigenvalue weighted by Crippen LogP contribution is 2.31. The highest BCUT2D eigenvalue weighted by Gasteiger charge is 2.15. The van der Waals surface area contributed by atoms with Crippen LogP contribution in [0.4, 0.5) is 5.82 Å². The standard InChI is InChI=1S/C17H13NS.C7H7N5O/c1-3-12-11-19-17-15(12)10-14(16(4-2)18-17)13-8-6-5-7-9-13;8-5-4(6(9)13)7-10-2-1-3-12(7)11-5/h1,5-11H,4H2,2H3;1-3H,(H2,8,11)(H2,9,13). The number of primary amides is 1. The molecule has 0 saturated heterocycles. The Hall–Kier alpha value is -4.22. The Labute approximate surface area is 188 Å². The number of carbonyl (C=O) groups is 1. The SMILES string of the molecule is C#Cc1csc2nc(CC)c(-c3ccccc3)cc12.NC(=O)c1c(N)nn2cccnc12. The summed E-state index contributed by atoms with van der Waals surface area (Å²) in [5.41, 5.74) is 15.6. The summed E-state index contributed by atoms with van der Waals surface area (Å²) in [5.74, 6) is 2.22. The van der Waals surface area contributed by atoms with Crippen molar-refractivity contribution in [2.75, 3.05) is 5.73 Å². The first-order valence-electron chi connectivity index (χ1n) is 9.85. The molecule has 0 spiro atoms. The summed E-state index contributed by atoms with van der Waals surface area (Å²) in [5, 5.41) is 6.96. The van der Waals surface area contributed by atoms with Crippen molar-refractivity contribution in [2.45, 2.75) is 13.3 Å². The van der Waals surface area contributed by atoms with E-state index in [1.165, 1.54) is 15.6 Å².